The van der Waals surface area contributed by atoms with E-state index in [1.165, 1.54) is 11.3 Å². The lowest BCUT2D eigenvalue weighted by Crippen LogP contribution is -2.23. The van der Waals surface area contributed by atoms with Gasteiger partial charge in [0.2, 0.25) is 0 Å². The second-order valence-electron chi connectivity index (χ2n) is 3.77. The van der Waals surface area contributed by atoms with Crippen LogP contribution in [0, 0.1) is 11.8 Å². The van der Waals surface area contributed by atoms with Gasteiger partial charge >= 0.3 is 0 Å². The lowest BCUT2D eigenvalue weighted by molar-refractivity contribution is 0.0945. The highest BCUT2D eigenvalue weighted by Gasteiger charge is 2.09. The van der Waals surface area contributed by atoms with Crippen molar-refractivity contribution in [3.63, 3.8) is 0 Å². The first-order valence-corrected chi connectivity index (χ1v) is 6.52. The minimum atomic E-state index is -0.213. The molecule has 2 N–H and O–H groups in total. The number of rotatable bonds is 3. The number of hydrogen-bond donors (Lipinski definition) is 2. The third-order valence-corrected chi connectivity index (χ3v) is 3.32. The fourth-order valence-electron chi connectivity index (χ4n) is 1.51. The number of thiophene rings is 1. The van der Waals surface area contributed by atoms with Crippen molar-refractivity contribution in [1.82, 2.24) is 15.1 Å². The van der Waals surface area contributed by atoms with E-state index in [-0.39, 0.29) is 12.5 Å². The van der Waals surface area contributed by atoms with Crippen molar-refractivity contribution in [2.75, 3.05) is 6.61 Å². The Balaban J connectivity index is 1.99. The first kappa shape index (κ1) is 13.3. The molecule has 98 valence electrons. The topological polar surface area (TPSA) is 67.2 Å². The molecular weight excluding hydrogens is 262 g/mol. The van der Waals surface area contributed by atoms with Crippen molar-refractivity contribution >= 4 is 17.2 Å². The Hall–Kier alpha value is -2.10. The van der Waals surface area contributed by atoms with E-state index >= 15 is 0 Å². The summed E-state index contributed by atoms with van der Waals surface area (Å²) in [6, 6.07) is 3.53. The molecule has 0 bridgehead atoms. The summed E-state index contributed by atoms with van der Waals surface area (Å²) in [6.45, 7) is 0.234. The number of hydrogen-bond acceptors (Lipinski definition) is 4. The zero-order valence-electron chi connectivity index (χ0n) is 10.4. The van der Waals surface area contributed by atoms with E-state index in [0.717, 1.165) is 10.4 Å². The number of aliphatic hydroxyl groups excluding tert-OH is 1. The Bertz CT molecular complexity index is 634. The molecule has 0 atom stereocenters. The number of aryl methyl sites for hydroxylation is 1. The third-order valence-electron chi connectivity index (χ3n) is 2.40. The van der Waals surface area contributed by atoms with Crippen LogP contribution in [0.25, 0.3) is 0 Å². The fraction of sp³-hybridized carbons (Fsp3) is 0.231. The molecule has 0 saturated heterocycles. The number of aliphatic hydroxyl groups is 1. The van der Waals surface area contributed by atoms with Crippen molar-refractivity contribution in [3.8, 4) is 11.8 Å². The van der Waals surface area contributed by atoms with Crippen LogP contribution in [0.4, 0.5) is 0 Å². The normalized spacial score (nSPS) is 9.79. The van der Waals surface area contributed by atoms with Crippen LogP contribution in [0.5, 0.6) is 0 Å². The van der Waals surface area contributed by atoms with Gasteiger partial charge in [0.25, 0.3) is 5.91 Å². The van der Waals surface area contributed by atoms with Crippen LogP contribution in [-0.4, -0.2) is 27.4 Å². The van der Waals surface area contributed by atoms with Crippen molar-refractivity contribution in [3.05, 3.63) is 39.8 Å². The molecule has 2 aromatic rings. The van der Waals surface area contributed by atoms with Gasteiger partial charge in [-0.25, -0.2) is 0 Å². The quantitative estimate of drug-likeness (QED) is 0.813. The van der Waals surface area contributed by atoms with Crippen molar-refractivity contribution in [2.24, 2.45) is 7.05 Å². The summed E-state index contributed by atoms with van der Waals surface area (Å²) >= 11 is 1.52. The highest BCUT2D eigenvalue weighted by molar-refractivity contribution is 7.10. The predicted octanol–water partition coefficient (Wildman–Crippen LogP) is 0.755. The Morgan fingerprint density at radius 1 is 1.58 bits per heavy atom. The molecule has 2 rings (SSSR count). The second-order valence-corrected chi connectivity index (χ2v) is 4.78. The summed E-state index contributed by atoms with van der Waals surface area (Å²) in [5, 5.41) is 17.4. The van der Waals surface area contributed by atoms with Gasteiger partial charge in [0, 0.05) is 23.7 Å². The molecule has 19 heavy (non-hydrogen) atoms. The minimum absolute atomic E-state index is 0.171. The van der Waals surface area contributed by atoms with Gasteiger partial charge in [-0.3, -0.25) is 9.48 Å². The van der Waals surface area contributed by atoms with E-state index in [2.05, 4.69) is 22.3 Å². The Morgan fingerprint density at radius 3 is 3.11 bits per heavy atom. The molecule has 5 nitrogen and oxygen atoms in total. The lowest BCUT2D eigenvalue weighted by Gasteiger charge is -2.01. The van der Waals surface area contributed by atoms with Crippen molar-refractivity contribution in [1.29, 1.82) is 0 Å². The maximum Gasteiger partial charge on any atom is 0.272 e. The van der Waals surface area contributed by atoms with Crippen molar-refractivity contribution < 1.29 is 9.90 Å². The molecule has 0 aliphatic carbocycles. The molecule has 0 spiro atoms. The zero-order chi connectivity index (χ0) is 13.7. The van der Waals surface area contributed by atoms with Crippen molar-refractivity contribution in [2.45, 2.75) is 6.54 Å². The van der Waals surface area contributed by atoms with Crippen LogP contribution in [0.15, 0.2) is 23.7 Å². The van der Waals surface area contributed by atoms with Crippen LogP contribution in [0.3, 0.4) is 0 Å². The SMILES string of the molecule is Cn1ccc(C(=O)NCc2sccc2C#CCO)n1. The highest BCUT2D eigenvalue weighted by atomic mass is 32.1. The molecule has 0 aromatic carbocycles. The summed E-state index contributed by atoms with van der Waals surface area (Å²) < 4.78 is 1.58. The molecule has 0 unspecified atom stereocenters. The van der Waals surface area contributed by atoms with Gasteiger partial charge in [0.15, 0.2) is 0 Å². The summed E-state index contributed by atoms with van der Waals surface area (Å²) in [4.78, 5) is 12.8. The summed E-state index contributed by atoms with van der Waals surface area (Å²) in [6.07, 6.45) is 1.72. The minimum Gasteiger partial charge on any atom is -0.384 e. The van der Waals surface area contributed by atoms with Gasteiger partial charge in [-0.1, -0.05) is 11.8 Å². The van der Waals surface area contributed by atoms with Crippen LogP contribution >= 0.6 is 11.3 Å². The van der Waals surface area contributed by atoms with E-state index in [1.54, 1.807) is 24.0 Å². The van der Waals surface area contributed by atoms with E-state index in [1.807, 2.05) is 11.4 Å². The monoisotopic (exact) mass is 275 g/mol. The fourth-order valence-corrected chi connectivity index (χ4v) is 2.28. The van der Waals surface area contributed by atoms with Crippen LogP contribution in [0.1, 0.15) is 20.9 Å². The highest BCUT2D eigenvalue weighted by Crippen LogP contribution is 2.15. The standard InChI is InChI=1S/C13H13N3O2S/c1-16-6-4-11(15-16)13(18)14-9-12-10(3-2-7-17)5-8-19-12/h4-6,8,17H,7,9H2,1H3,(H,14,18). The predicted molar refractivity (Wildman–Crippen MR) is 72.7 cm³/mol. The average Bonchev–Trinajstić information content (AvgIpc) is 3.02. The lowest BCUT2D eigenvalue weighted by atomic mass is 10.2. The molecule has 2 aromatic heterocycles. The molecular formula is C13H13N3O2S. The number of carbonyl (C=O) groups excluding carboxylic acids is 1. The number of nitrogens with one attached hydrogen (secondary N) is 1. The van der Waals surface area contributed by atoms with Crippen LogP contribution < -0.4 is 5.32 Å². The Kier molecular flexibility index (Phi) is 4.34. The number of amides is 1. The first-order chi connectivity index (χ1) is 9.20. The van der Waals surface area contributed by atoms with Gasteiger partial charge in [-0.2, -0.15) is 5.10 Å². The molecule has 0 radical (unpaired) electrons. The molecule has 0 fully saturated rings. The maximum atomic E-state index is 11.8. The summed E-state index contributed by atoms with van der Waals surface area (Å²) in [5.41, 5.74) is 1.22. The first-order valence-electron chi connectivity index (χ1n) is 5.64. The summed E-state index contributed by atoms with van der Waals surface area (Å²) in [7, 11) is 1.76. The zero-order valence-corrected chi connectivity index (χ0v) is 11.2. The average molecular weight is 275 g/mol. The largest absolute Gasteiger partial charge is 0.384 e. The molecule has 1 amide bonds. The summed E-state index contributed by atoms with van der Waals surface area (Å²) in [5.74, 6) is 5.23. The number of aromatic nitrogens is 2. The molecule has 0 aliphatic heterocycles. The van der Waals surface area contributed by atoms with E-state index in [0.29, 0.717) is 12.2 Å². The van der Waals surface area contributed by atoms with E-state index in [4.69, 9.17) is 5.11 Å². The third kappa shape index (κ3) is 3.44. The Morgan fingerprint density at radius 2 is 2.42 bits per heavy atom. The molecule has 0 saturated carbocycles. The molecule has 6 heteroatoms. The van der Waals surface area contributed by atoms with Gasteiger partial charge < -0.3 is 10.4 Å². The van der Waals surface area contributed by atoms with Gasteiger partial charge in [0.05, 0.1) is 6.54 Å². The van der Waals surface area contributed by atoms with Gasteiger partial charge in [-0.15, -0.1) is 11.3 Å². The maximum absolute atomic E-state index is 11.8. The Labute approximate surface area is 114 Å². The van der Waals surface area contributed by atoms with Gasteiger partial charge in [0.1, 0.15) is 12.3 Å². The smallest absolute Gasteiger partial charge is 0.272 e. The number of nitrogens with zero attached hydrogens (tertiary/aromatic N) is 2. The van der Waals surface area contributed by atoms with Crippen LogP contribution in [0.2, 0.25) is 0 Å². The van der Waals surface area contributed by atoms with Crippen LogP contribution in [-0.2, 0) is 13.6 Å². The molecule has 0 aliphatic rings. The number of carbonyl (C=O) groups is 1. The van der Waals surface area contributed by atoms with E-state index in [9.17, 15) is 4.79 Å². The van der Waals surface area contributed by atoms with E-state index < -0.39 is 0 Å². The molecule has 2 heterocycles. The van der Waals surface area contributed by atoms with Gasteiger partial charge in [-0.05, 0) is 17.5 Å². The second kappa shape index (κ2) is 6.18.